The third-order valence-electron chi connectivity index (χ3n) is 9.98. The van der Waals surface area contributed by atoms with Crippen molar-refractivity contribution in [3.05, 3.63) is 11.6 Å². The predicted molar refractivity (Wildman–Crippen MR) is 131 cm³/mol. The van der Waals surface area contributed by atoms with Crippen molar-refractivity contribution in [2.24, 2.45) is 40.4 Å². The van der Waals surface area contributed by atoms with Gasteiger partial charge in [0.1, 0.15) is 0 Å². The van der Waals surface area contributed by atoms with Crippen molar-refractivity contribution in [3.8, 4) is 6.07 Å². The topological polar surface area (TPSA) is 33.0 Å². The summed E-state index contributed by atoms with van der Waals surface area (Å²) >= 11 is 2.38. The van der Waals surface area contributed by atoms with Gasteiger partial charge in [-0.25, -0.2) is 0 Å². The Morgan fingerprint density at radius 1 is 1.24 bits per heavy atom. The van der Waals surface area contributed by atoms with Crippen LogP contribution in [0.25, 0.3) is 0 Å². The first-order chi connectivity index (χ1) is 13.9. The zero-order valence-corrected chi connectivity index (χ0v) is 21.7. The Morgan fingerprint density at radius 2 is 2.07 bits per heavy atom. The minimum Gasteiger partial charge on any atom is -0.348 e. The molecule has 0 aromatic rings. The third kappa shape index (κ3) is 3.98. The van der Waals surface area contributed by atoms with Gasteiger partial charge in [0.2, 0.25) is 0 Å². The molecule has 0 saturated heterocycles. The normalized spacial score (nSPS) is 45.2. The first-order valence-electron chi connectivity index (χ1n) is 12.0. The Kier molecular flexibility index (Phi) is 7.05. The molecule has 3 unspecified atom stereocenters. The van der Waals surface area contributed by atoms with E-state index >= 15 is 0 Å². The van der Waals surface area contributed by atoms with Gasteiger partial charge < -0.3 is 4.52 Å². The standard InChI is InChI=1S/C25H39INOP/c1-17(6-4-5-15-27)21-9-10-22-20-8-7-18-16-19(28-29-26)11-13-24(18,2)23(20)12-14-25(21,22)3/h7,17,19-23,29H,4-6,8-14,16H2,1-3H3/t17-,19+,20+,21-,22?,23?,24+,25-/m1/s1. The predicted octanol–water partition coefficient (Wildman–Crippen LogP) is 8.22. The zero-order valence-electron chi connectivity index (χ0n) is 18.6. The van der Waals surface area contributed by atoms with E-state index in [1.165, 1.54) is 57.8 Å². The van der Waals surface area contributed by atoms with Gasteiger partial charge in [-0.2, -0.15) is 5.26 Å². The van der Waals surface area contributed by atoms with E-state index in [1.54, 1.807) is 5.57 Å². The van der Waals surface area contributed by atoms with Crippen molar-refractivity contribution in [1.29, 1.82) is 5.26 Å². The van der Waals surface area contributed by atoms with Gasteiger partial charge >= 0.3 is 0 Å². The quantitative estimate of drug-likeness (QED) is 0.151. The van der Waals surface area contributed by atoms with Crippen LogP contribution in [0.2, 0.25) is 0 Å². The summed E-state index contributed by atoms with van der Waals surface area (Å²) in [7, 11) is 0. The summed E-state index contributed by atoms with van der Waals surface area (Å²) in [6, 6.07) is 2.34. The van der Waals surface area contributed by atoms with E-state index in [-0.39, 0.29) is 0 Å². The monoisotopic (exact) mass is 527 g/mol. The number of halogens is 1. The van der Waals surface area contributed by atoms with E-state index in [4.69, 9.17) is 9.79 Å². The van der Waals surface area contributed by atoms with Gasteiger partial charge in [-0.1, -0.05) is 32.4 Å². The van der Waals surface area contributed by atoms with Crippen LogP contribution in [0, 0.1) is 51.8 Å². The van der Waals surface area contributed by atoms with Crippen LogP contribution in [0.4, 0.5) is 0 Å². The number of nitrogens with zero attached hydrogens (tertiary/aromatic N) is 1. The summed E-state index contributed by atoms with van der Waals surface area (Å²) in [5.41, 5.74) is 2.72. The zero-order chi connectivity index (χ0) is 20.6. The Hall–Kier alpha value is 0.350. The van der Waals surface area contributed by atoms with E-state index in [1.807, 2.05) is 0 Å². The van der Waals surface area contributed by atoms with Crippen LogP contribution in [-0.2, 0) is 4.52 Å². The molecule has 0 heterocycles. The molecule has 0 radical (unpaired) electrons. The van der Waals surface area contributed by atoms with Crippen molar-refractivity contribution in [2.75, 3.05) is 0 Å². The maximum atomic E-state index is 8.91. The second-order valence-electron chi connectivity index (χ2n) is 11.1. The molecule has 3 fully saturated rings. The summed E-state index contributed by atoms with van der Waals surface area (Å²) in [5, 5.41) is 8.91. The molecular formula is C25H39INOP. The van der Waals surface area contributed by atoms with E-state index in [0.29, 0.717) is 23.4 Å². The van der Waals surface area contributed by atoms with Gasteiger partial charge in [-0.05, 0) is 127 Å². The van der Waals surface area contributed by atoms with Crippen LogP contribution >= 0.6 is 28.5 Å². The Balaban J connectivity index is 1.50. The summed E-state index contributed by atoms with van der Waals surface area (Å²) in [6.45, 7) is 8.34. The lowest BCUT2D eigenvalue weighted by atomic mass is 9.47. The fourth-order valence-corrected chi connectivity index (χ4v) is 9.88. The molecule has 0 N–H and O–H groups in total. The van der Waals surface area contributed by atoms with Crippen molar-refractivity contribution < 1.29 is 4.52 Å². The number of allylic oxidation sites excluding steroid dienone is 1. The lowest BCUT2D eigenvalue weighted by Crippen LogP contribution is -2.50. The molecule has 0 aromatic heterocycles. The average molecular weight is 527 g/mol. The van der Waals surface area contributed by atoms with Crippen molar-refractivity contribution in [2.45, 2.75) is 97.5 Å². The lowest BCUT2D eigenvalue weighted by molar-refractivity contribution is -0.0552. The molecule has 4 rings (SSSR count). The molecule has 4 aliphatic rings. The van der Waals surface area contributed by atoms with Gasteiger partial charge in [-0.3, -0.25) is 0 Å². The molecule has 0 spiro atoms. The van der Waals surface area contributed by atoms with E-state index in [2.05, 4.69) is 55.0 Å². The molecule has 4 aliphatic carbocycles. The summed E-state index contributed by atoms with van der Waals surface area (Å²) in [6.07, 6.45) is 17.1. The molecule has 0 aromatic carbocycles. The smallest absolute Gasteiger partial charge is 0.0797 e. The van der Waals surface area contributed by atoms with Gasteiger partial charge in [0.25, 0.3) is 0 Å². The van der Waals surface area contributed by atoms with E-state index in [9.17, 15) is 0 Å². The third-order valence-corrected chi connectivity index (χ3v) is 11.2. The van der Waals surface area contributed by atoms with E-state index < -0.39 is 0 Å². The Morgan fingerprint density at radius 3 is 2.83 bits per heavy atom. The lowest BCUT2D eigenvalue weighted by Gasteiger charge is -2.58. The average Bonchev–Trinajstić information content (AvgIpc) is 3.06. The molecular weight excluding hydrogens is 488 g/mol. The number of rotatable bonds is 6. The highest BCUT2D eigenvalue weighted by molar-refractivity contribution is 14.2. The van der Waals surface area contributed by atoms with Crippen LogP contribution in [0.5, 0.6) is 0 Å². The molecule has 2 nitrogen and oxygen atoms in total. The first-order valence-corrected chi connectivity index (χ1v) is 16.0. The fourth-order valence-electron chi connectivity index (χ4n) is 8.47. The first kappa shape index (κ1) is 22.5. The molecule has 9 atom stereocenters. The number of unbranched alkanes of at least 4 members (excludes halogenated alkanes) is 1. The summed E-state index contributed by atoms with van der Waals surface area (Å²) in [5.74, 6) is 4.38. The molecule has 0 amide bonds. The summed E-state index contributed by atoms with van der Waals surface area (Å²) in [4.78, 5) is 0. The van der Waals surface area contributed by atoms with Gasteiger partial charge in [0.05, 0.1) is 18.6 Å². The maximum absolute atomic E-state index is 8.91. The number of hydrogen-bond acceptors (Lipinski definition) is 2. The SMILES string of the molecule is C[C@H](CCCC#N)[C@H]1CCC2[C@@H]3CC=C4C[C@@H](OPI)CC[C@]4(C)C3CC[C@@]21C. The van der Waals surface area contributed by atoms with Crippen molar-refractivity contribution in [1.82, 2.24) is 0 Å². The van der Waals surface area contributed by atoms with Crippen LogP contribution < -0.4 is 0 Å². The highest BCUT2D eigenvalue weighted by Crippen LogP contribution is 2.67. The van der Waals surface area contributed by atoms with E-state index in [0.717, 1.165) is 42.4 Å². The molecule has 29 heavy (non-hydrogen) atoms. The maximum Gasteiger partial charge on any atom is 0.0797 e. The van der Waals surface area contributed by atoms with Crippen LogP contribution in [0.3, 0.4) is 0 Å². The molecule has 0 aliphatic heterocycles. The van der Waals surface area contributed by atoms with Gasteiger partial charge in [0, 0.05) is 6.42 Å². The minimum absolute atomic E-state index is 0.439. The molecule has 0 bridgehead atoms. The second kappa shape index (κ2) is 9.07. The number of hydrogen-bond donors (Lipinski definition) is 0. The Labute approximate surface area is 193 Å². The highest BCUT2D eigenvalue weighted by Gasteiger charge is 2.59. The Bertz CT molecular complexity index is 674. The molecule has 162 valence electrons. The van der Waals surface area contributed by atoms with Gasteiger partial charge in [0.15, 0.2) is 0 Å². The number of fused-ring (bicyclic) bond motifs is 5. The molecule has 4 heteroatoms. The second-order valence-corrected chi connectivity index (χ2v) is 12.8. The van der Waals surface area contributed by atoms with Gasteiger partial charge in [-0.15, -0.1) is 0 Å². The van der Waals surface area contributed by atoms with Crippen LogP contribution in [0.15, 0.2) is 11.6 Å². The minimum atomic E-state index is 0.439. The van der Waals surface area contributed by atoms with Crippen molar-refractivity contribution in [3.63, 3.8) is 0 Å². The largest absolute Gasteiger partial charge is 0.348 e. The highest BCUT2D eigenvalue weighted by atomic mass is 127. The number of nitriles is 1. The summed E-state index contributed by atoms with van der Waals surface area (Å²) < 4.78 is 6.03. The van der Waals surface area contributed by atoms with Crippen molar-refractivity contribution >= 4 is 28.5 Å². The van der Waals surface area contributed by atoms with Crippen LogP contribution in [-0.4, -0.2) is 6.10 Å². The fraction of sp³-hybridized carbons (Fsp3) is 0.880. The van der Waals surface area contributed by atoms with Crippen LogP contribution in [0.1, 0.15) is 91.4 Å². The molecule has 3 saturated carbocycles.